The standard InChI is InChI=1S/C26H40N2O4/c1-3-4-5-6-7-8-9-10-11-12-19-32-24(29)20-23-25(30)27-17-18-28(23)26(31)22-15-13-21(2)14-16-22/h13-16,23H,3-12,17-20H2,1-2H3,(H,27,30). The molecular weight excluding hydrogens is 404 g/mol. The molecule has 1 aromatic rings. The number of hydrogen-bond donors (Lipinski definition) is 1. The van der Waals surface area contributed by atoms with Gasteiger partial charge in [-0.2, -0.15) is 0 Å². The Morgan fingerprint density at radius 2 is 1.56 bits per heavy atom. The quantitative estimate of drug-likeness (QED) is 0.331. The van der Waals surface area contributed by atoms with E-state index >= 15 is 0 Å². The molecule has 0 aromatic heterocycles. The molecule has 0 aliphatic carbocycles. The largest absolute Gasteiger partial charge is 0.466 e. The third-order valence-electron chi connectivity index (χ3n) is 6.01. The number of benzene rings is 1. The molecule has 1 unspecified atom stereocenters. The molecule has 1 atom stereocenters. The average Bonchev–Trinajstić information content (AvgIpc) is 2.79. The van der Waals surface area contributed by atoms with Gasteiger partial charge in [0.2, 0.25) is 5.91 Å². The summed E-state index contributed by atoms with van der Waals surface area (Å²) in [7, 11) is 0. The van der Waals surface area contributed by atoms with E-state index in [0.29, 0.717) is 25.3 Å². The van der Waals surface area contributed by atoms with Crippen LogP contribution < -0.4 is 5.32 Å². The number of ether oxygens (including phenoxy) is 1. The lowest BCUT2D eigenvalue weighted by atomic mass is 10.1. The fourth-order valence-electron chi connectivity index (χ4n) is 4.01. The van der Waals surface area contributed by atoms with E-state index in [1.54, 1.807) is 12.1 Å². The average molecular weight is 445 g/mol. The van der Waals surface area contributed by atoms with Gasteiger partial charge in [0.25, 0.3) is 5.91 Å². The number of nitrogens with one attached hydrogen (secondary N) is 1. The minimum atomic E-state index is -0.822. The van der Waals surface area contributed by atoms with Gasteiger partial charge in [-0.05, 0) is 25.5 Å². The van der Waals surface area contributed by atoms with Crippen LogP contribution in [0.25, 0.3) is 0 Å². The van der Waals surface area contributed by atoms with Crippen molar-refractivity contribution in [2.45, 2.75) is 90.5 Å². The van der Waals surface area contributed by atoms with Gasteiger partial charge in [-0.1, -0.05) is 82.4 Å². The van der Waals surface area contributed by atoms with Crippen molar-refractivity contribution in [1.29, 1.82) is 0 Å². The number of hydrogen-bond acceptors (Lipinski definition) is 4. The Bertz CT molecular complexity index is 717. The van der Waals surface area contributed by atoms with E-state index in [1.807, 2.05) is 19.1 Å². The summed E-state index contributed by atoms with van der Waals surface area (Å²) in [4.78, 5) is 39.1. The van der Waals surface area contributed by atoms with E-state index in [1.165, 1.54) is 49.8 Å². The monoisotopic (exact) mass is 444 g/mol. The second-order valence-corrected chi connectivity index (χ2v) is 8.78. The van der Waals surface area contributed by atoms with E-state index in [0.717, 1.165) is 24.8 Å². The highest BCUT2D eigenvalue weighted by Crippen LogP contribution is 2.16. The van der Waals surface area contributed by atoms with E-state index in [9.17, 15) is 14.4 Å². The molecule has 1 aliphatic heterocycles. The van der Waals surface area contributed by atoms with E-state index in [-0.39, 0.29) is 18.2 Å². The number of unbranched alkanes of at least 4 members (excludes halogenated alkanes) is 9. The van der Waals surface area contributed by atoms with E-state index in [4.69, 9.17) is 4.74 Å². The smallest absolute Gasteiger partial charge is 0.308 e. The third kappa shape index (κ3) is 9.01. The molecular formula is C26H40N2O4. The molecule has 1 aliphatic rings. The van der Waals surface area contributed by atoms with Crippen molar-refractivity contribution in [3.05, 3.63) is 35.4 Å². The first-order valence-electron chi connectivity index (χ1n) is 12.3. The van der Waals surface area contributed by atoms with E-state index < -0.39 is 12.0 Å². The Hall–Kier alpha value is -2.37. The second kappa shape index (κ2) is 14.6. The molecule has 178 valence electrons. The highest BCUT2D eigenvalue weighted by Gasteiger charge is 2.35. The van der Waals surface area contributed by atoms with Crippen molar-refractivity contribution in [3.8, 4) is 0 Å². The van der Waals surface area contributed by atoms with Crippen LogP contribution in [0.1, 0.15) is 93.5 Å². The zero-order chi connectivity index (χ0) is 23.2. The molecule has 1 N–H and O–H groups in total. The lowest BCUT2D eigenvalue weighted by Gasteiger charge is -2.34. The fraction of sp³-hybridized carbons (Fsp3) is 0.654. The molecule has 6 nitrogen and oxygen atoms in total. The second-order valence-electron chi connectivity index (χ2n) is 8.78. The molecule has 2 rings (SSSR count). The lowest BCUT2D eigenvalue weighted by Crippen LogP contribution is -2.57. The number of amides is 2. The Morgan fingerprint density at radius 3 is 2.19 bits per heavy atom. The van der Waals surface area contributed by atoms with Gasteiger partial charge < -0.3 is 15.0 Å². The zero-order valence-corrected chi connectivity index (χ0v) is 19.9. The first kappa shape index (κ1) is 25.9. The fourth-order valence-corrected chi connectivity index (χ4v) is 4.01. The minimum Gasteiger partial charge on any atom is -0.466 e. The van der Waals surface area contributed by atoms with Crippen LogP contribution in [0.5, 0.6) is 0 Å². The molecule has 1 heterocycles. The Kier molecular flexibility index (Phi) is 11.8. The van der Waals surface area contributed by atoms with Crippen LogP contribution in [-0.2, 0) is 14.3 Å². The van der Waals surface area contributed by atoms with Gasteiger partial charge in [0, 0.05) is 18.7 Å². The van der Waals surface area contributed by atoms with Crippen LogP contribution in [-0.4, -0.2) is 48.4 Å². The molecule has 0 saturated carbocycles. The van der Waals surface area contributed by atoms with Gasteiger partial charge >= 0.3 is 5.97 Å². The lowest BCUT2D eigenvalue weighted by molar-refractivity contribution is -0.147. The summed E-state index contributed by atoms with van der Waals surface area (Å²) in [5.74, 6) is -0.954. The number of esters is 1. The summed E-state index contributed by atoms with van der Waals surface area (Å²) in [5, 5.41) is 2.75. The van der Waals surface area contributed by atoms with Gasteiger partial charge in [-0.25, -0.2) is 0 Å². The highest BCUT2D eigenvalue weighted by molar-refractivity contribution is 5.99. The number of piperazine rings is 1. The molecule has 1 aromatic carbocycles. The predicted octanol–water partition coefficient (Wildman–Crippen LogP) is 4.79. The van der Waals surface area contributed by atoms with Crippen molar-refractivity contribution in [2.24, 2.45) is 0 Å². The molecule has 2 amide bonds. The number of aryl methyl sites for hydroxylation is 1. The maximum atomic E-state index is 12.9. The number of carbonyl (C=O) groups is 3. The normalized spacial score (nSPS) is 16.0. The van der Waals surface area contributed by atoms with Crippen LogP contribution in [0.3, 0.4) is 0 Å². The molecule has 32 heavy (non-hydrogen) atoms. The van der Waals surface area contributed by atoms with Gasteiger partial charge in [0.05, 0.1) is 13.0 Å². The Balaban J connectivity index is 1.68. The SMILES string of the molecule is CCCCCCCCCCCCOC(=O)CC1C(=O)NCCN1C(=O)c1ccc(C)cc1. The maximum Gasteiger partial charge on any atom is 0.308 e. The maximum absolute atomic E-state index is 12.9. The molecule has 0 bridgehead atoms. The first-order chi connectivity index (χ1) is 15.5. The van der Waals surface area contributed by atoms with Crippen LogP contribution in [0, 0.1) is 6.92 Å². The summed E-state index contributed by atoms with van der Waals surface area (Å²) >= 11 is 0. The summed E-state index contributed by atoms with van der Waals surface area (Å²) in [6, 6.07) is 6.42. The topological polar surface area (TPSA) is 75.7 Å². The number of carbonyl (C=O) groups excluding carboxylic acids is 3. The van der Waals surface area contributed by atoms with Crippen molar-refractivity contribution >= 4 is 17.8 Å². The van der Waals surface area contributed by atoms with Gasteiger partial charge in [-0.3, -0.25) is 14.4 Å². The minimum absolute atomic E-state index is 0.110. The molecule has 0 spiro atoms. The van der Waals surface area contributed by atoms with Crippen molar-refractivity contribution in [2.75, 3.05) is 19.7 Å². The number of nitrogens with zero attached hydrogens (tertiary/aromatic N) is 1. The third-order valence-corrected chi connectivity index (χ3v) is 6.01. The van der Waals surface area contributed by atoms with Gasteiger partial charge in [-0.15, -0.1) is 0 Å². The summed E-state index contributed by atoms with van der Waals surface area (Å²) < 4.78 is 5.36. The predicted molar refractivity (Wildman–Crippen MR) is 126 cm³/mol. The molecule has 1 saturated heterocycles. The van der Waals surface area contributed by atoms with E-state index in [2.05, 4.69) is 12.2 Å². The van der Waals surface area contributed by atoms with Crippen molar-refractivity contribution in [1.82, 2.24) is 10.2 Å². The summed E-state index contributed by atoms with van der Waals surface area (Å²) in [6.45, 7) is 5.33. The van der Waals surface area contributed by atoms with Crippen LogP contribution in [0.15, 0.2) is 24.3 Å². The van der Waals surface area contributed by atoms with Crippen molar-refractivity contribution < 1.29 is 19.1 Å². The zero-order valence-electron chi connectivity index (χ0n) is 19.9. The van der Waals surface area contributed by atoms with Gasteiger partial charge in [0.1, 0.15) is 6.04 Å². The van der Waals surface area contributed by atoms with Gasteiger partial charge in [0.15, 0.2) is 0 Å². The van der Waals surface area contributed by atoms with Crippen LogP contribution in [0.4, 0.5) is 0 Å². The van der Waals surface area contributed by atoms with Crippen molar-refractivity contribution in [3.63, 3.8) is 0 Å². The number of rotatable bonds is 14. The molecule has 6 heteroatoms. The molecule has 1 fully saturated rings. The first-order valence-corrected chi connectivity index (χ1v) is 12.3. The van der Waals surface area contributed by atoms with Crippen LogP contribution in [0.2, 0.25) is 0 Å². The highest BCUT2D eigenvalue weighted by atomic mass is 16.5. The summed E-state index contributed by atoms with van der Waals surface area (Å²) in [6.07, 6.45) is 12.1. The summed E-state index contributed by atoms with van der Waals surface area (Å²) in [5.41, 5.74) is 1.58. The van der Waals surface area contributed by atoms with Crippen LogP contribution >= 0.6 is 0 Å². The molecule has 0 radical (unpaired) electrons. The Labute approximate surface area is 193 Å². The Morgan fingerprint density at radius 1 is 0.969 bits per heavy atom.